The number of anilines is 1. The lowest BCUT2D eigenvalue weighted by molar-refractivity contribution is -0.120. The molecule has 418 valence electrons. The van der Waals surface area contributed by atoms with Gasteiger partial charge in [-0.2, -0.15) is 8.62 Å². The quantitative estimate of drug-likeness (QED) is 0.00496. The van der Waals surface area contributed by atoms with Crippen molar-refractivity contribution in [2.24, 2.45) is 10.1 Å². The first kappa shape index (κ1) is 61.1. The first-order chi connectivity index (χ1) is 36.9. The van der Waals surface area contributed by atoms with E-state index in [0.717, 1.165) is 32.9 Å². The number of phosphoric ester groups is 1. The highest BCUT2D eigenvalue weighted by atomic mass is 33.1. The summed E-state index contributed by atoms with van der Waals surface area (Å²) in [6.07, 6.45) is -2.97. The molecule has 33 heteroatoms. The SMILES string of the molecule is CCN=c1cc2oc3cc(NCC)c(C)cc3c(-c3cc(C(=O)NCCSSCCC(=O)NCC#Cc4cn(C5C[C@H](OCN=[N+]=[N-])[C@@H](COP(=O)(O)OP(=O)(O)OP(=O)(O)O)O5)c(=O)[nH]c4=O)ccc3C(=O)O)c-2cc1C. The maximum absolute atomic E-state index is 13.6. The Morgan fingerprint density at radius 2 is 1.73 bits per heavy atom. The van der Waals surface area contributed by atoms with Gasteiger partial charge < -0.3 is 54.5 Å². The normalized spacial score (nSPS) is 17.1. The predicted octanol–water partition coefficient (Wildman–Crippen LogP) is 5.68. The maximum atomic E-state index is 13.6. The van der Waals surface area contributed by atoms with E-state index in [9.17, 15) is 52.6 Å². The molecule has 3 heterocycles. The highest BCUT2D eigenvalue weighted by molar-refractivity contribution is 8.76. The Hall–Kier alpha value is -6.08. The van der Waals surface area contributed by atoms with E-state index < -0.39 is 78.4 Å². The van der Waals surface area contributed by atoms with Gasteiger partial charge in [0.1, 0.15) is 36.0 Å². The smallest absolute Gasteiger partial charge is 0.478 e. The number of nitrogens with zero attached hydrogens (tertiary/aromatic N) is 5. The van der Waals surface area contributed by atoms with E-state index >= 15 is 0 Å². The molecule has 1 fully saturated rings. The molecule has 2 aromatic carbocycles. The van der Waals surface area contributed by atoms with Gasteiger partial charge in [0.2, 0.25) is 5.91 Å². The number of H-pyrrole nitrogens is 1. The van der Waals surface area contributed by atoms with Gasteiger partial charge in [-0.15, -0.1) is 0 Å². The van der Waals surface area contributed by atoms with Crippen LogP contribution in [0.4, 0.5) is 5.69 Å². The summed E-state index contributed by atoms with van der Waals surface area (Å²) in [6.45, 7) is 7.47. The van der Waals surface area contributed by atoms with Gasteiger partial charge >= 0.3 is 35.1 Å². The molecule has 3 unspecified atom stereocenters. The average molecular weight is 1180 g/mol. The largest absolute Gasteiger partial charge is 0.490 e. The van der Waals surface area contributed by atoms with Crippen molar-refractivity contribution in [2.45, 2.75) is 59.0 Å². The number of carboxylic acids is 1. The Bertz CT molecular complexity index is 3520. The van der Waals surface area contributed by atoms with Crippen LogP contribution in [0.15, 0.2) is 72.8 Å². The number of azide groups is 1. The number of benzene rings is 3. The highest BCUT2D eigenvalue weighted by Gasteiger charge is 2.44. The molecular weight excluding hydrogens is 1130 g/mol. The fourth-order valence-corrected chi connectivity index (χ4v) is 12.7. The number of aromatic carboxylic acids is 1. The monoisotopic (exact) mass is 1180 g/mol. The third-order valence-corrected chi connectivity index (χ3v) is 17.3. The first-order valence-corrected chi connectivity index (χ1v) is 30.3. The first-order valence-electron chi connectivity index (χ1n) is 23.3. The number of ether oxygens (including phenoxy) is 2. The number of aromatic amines is 1. The van der Waals surface area contributed by atoms with Crippen LogP contribution in [-0.2, 0) is 41.1 Å². The van der Waals surface area contributed by atoms with Crippen LogP contribution in [0, 0.1) is 25.7 Å². The molecule has 2 amide bonds. The molecule has 2 aliphatic heterocycles. The minimum Gasteiger partial charge on any atom is -0.478 e. The standard InChI is InChI=1S/C45H52N9O19P3S2/c1-5-47-33-19-35-31(16-25(33)3)41(32-17-26(4)34(48-6-2)20-36(32)70-35)30-18-27(9-10-29(30)44(58)59)42(56)50-13-15-78-77-14-11-39(55)49-12-7-8-28-22-54(45(60)52-43(28)57)40-21-37(68-24-51-53-46)38(71-40)23-69-75(64,65)73-76(66,67)72-74(61,62)63/h9-10,16-20,22,37-38,40,47H,5-6,11-15,21,23-24H2,1-4H3,(H,49,55)(H,50,56)(H,58,59)(H,64,65)(H,66,67)(H,52,57,60)(H2,61,62,63)/t37-,38+,40?/m0/s1. The molecule has 0 spiro atoms. The van der Waals surface area contributed by atoms with Crippen molar-refractivity contribution in [1.82, 2.24) is 20.2 Å². The molecule has 0 radical (unpaired) electrons. The van der Waals surface area contributed by atoms with E-state index in [1.165, 1.54) is 33.7 Å². The highest BCUT2D eigenvalue weighted by Crippen LogP contribution is 2.66. The average Bonchev–Trinajstić information content (AvgIpc) is 3.88. The molecular formula is C45H52N9O19P3S2. The molecule has 1 aromatic heterocycles. The number of phosphoric acid groups is 3. The summed E-state index contributed by atoms with van der Waals surface area (Å²) in [5.41, 5.74) is 11.5. The van der Waals surface area contributed by atoms with Gasteiger partial charge in [0.25, 0.3) is 11.5 Å². The summed E-state index contributed by atoms with van der Waals surface area (Å²) in [6, 6.07) is 12.1. The lowest BCUT2D eigenvalue weighted by Crippen LogP contribution is -2.34. The minimum absolute atomic E-state index is 0.000525. The second-order valence-electron chi connectivity index (χ2n) is 16.6. The van der Waals surface area contributed by atoms with Gasteiger partial charge in [-0.25, -0.2) is 23.3 Å². The molecule has 9 N–H and O–H groups in total. The van der Waals surface area contributed by atoms with Crippen LogP contribution in [0.5, 0.6) is 0 Å². The number of rotatable bonds is 25. The van der Waals surface area contributed by atoms with Crippen LogP contribution in [0.2, 0.25) is 0 Å². The van der Waals surface area contributed by atoms with Crippen molar-refractivity contribution in [3.05, 3.63) is 113 Å². The van der Waals surface area contributed by atoms with Crippen molar-refractivity contribution in [3.63, 3.8) is 0 Å². The third kappa shape index (κ3) is 16.7. The van der Waals surface area contributed by atoms with Crippen molar-refractivity contribution >= 4 is 79.5 Å². The molecule has 3 aliphatic rings. The number of nitrogens with one attached hydrogen (secondary N) is 4. The maximum Gasteiger partial charge on any atom is 0.490 e. The number of carbonyl (C=O) groups excluding carboxylic acids is 2. The minimum atomic E-state index is -5.84. The molecule has 3 aromatic rings. The number of aromatic nitrogens is 2. The zero-order chi connectivity index (χ0) is 57.0. The summed E-state index contributed by atoms with van der Waals surface area (Å²) in [5.74, 6) is 4.55. The van der Waals surface area contributed by atoms with Gasteiger partial charge in [-0.1, -0.05) is 38.5 Å². The number of aryl methyl sites for hydroxylation is 2. The Morgan fingerprint density at radius 1 is 0.974 bits per heavy atom. The molecule has 1 saturated heterocycles. The molecule has 28 nitrogen and oxygen atoms in total. The molecule has 6 rings (SSSR count). The zero-order valence-electron chi connectivity index (χ0n) is 41.8. The lowest BCUT2D eigenvalue weighted by Gasteiger charge is -2.20. The fraction of sp³-hybridized carbons (Fsp3) is 0.378. The van der Waals surface area contributed by atoms with Crippen LogP contribution in [0.25, 0.3) is 43.9 Å². The van der Waals surface area contributed by atoms with E-state index in [1.54, 1.807) is 6.07 Å². The van der Waals surface area contributed by atoms with Crippen LogP contribution >= 0.6 is 45.1 Å². The number of carbonyl (C=O) groups is 3. The number of carboxylic acid groups (broad SMARTS) is 1. The van der Waals surface area contributed by atoms with Crippen molar-refractivity contribution in [2.75, 3.05) is 56.3 Å². The fourth-order valence-electron chi connectivity index (χ4n) is 7.82. The van der Waals surface area contributed by atoms with E-state index in [0.29, 0.717) is 58.0 Å². The Balaban J connectivity index is 1.01. The van der Waals surface area contributed by atoms with E-state index in [4.69, 9.17) is 29.2 Å². The van der Waals surface area contributed by atoms with Crippen LogP contribution in [0.3, 0.4) is 0 Å². The van der Waals surface area contributed by atoms with Crippen LogP contribution in [0.1, 0.15) is 70.3 Å². The van der Waals surface area contributed by atoms with E-state index in [1.807, 2.05) is 52.0 Å². The van der Waals surface area contributed by atoms with Gasteiger partial charge in [-0.3, -0.25) is 33.5 Å². The number of fused-ring (bicyclic) bond motifs is 2. The summed E-state index contributed by atoms with van der Waals surface area (Å²) in [4.78, 5) is 110. The molecule has 0 saturated carbocycles. The Morgan fingerprint density at radius 3 is 2.44 bits per heavy atom. The number of hydrogen-bond donors (Lipinski definition) is 9. The zero-order valence-corrected chi connectivity index (χ0v) is 46.1. The second kappa shape index (κ2) is 27.2. The topological polar surface area (TPSA) is 415 Å². The van der Waals surface area contributed by atoms with Crippen molar-refractivity contribution in [3.8, 4) is 34.3 Å². The van der Waals surface area contributed by atoms with Gasteiger partial charge in [0.15, 0.2) is 0 Å². The van der Waals surface area contributed by atoms with E-state index in [2.05, 4.69) is 60.9 Å². The van der Waals surface area contributed by atoms with Gasteiger partial charge in [-0.05, 0) is 80.2 Å². The number of amides is 2. The number of hydrogen-bond acceptors (Lipinski definition) is 19. The summed E-state index contributed by atoms with van der Waals surface area (Å²) in [5, 5.41) is 23.9. The molecule has 1 aliphatic carbocycles. The Kier molecular flexibility index (Phi) is 21.3. The molecule has 78 heavy (non-hydrogen) atoms. The predicted molar refractivity (Wildman–Crippen MR) is 285 cm³/mol. The summed E-state index contributed by atoms with van der Waals surface area (Å²) >= 11 is 0. The molecule has 0 bridgehead atoms. The second-order valence-corrected chi connectivity index (χ2v) is 23.7. The van der Waals surface area contributed by atoms with Crippen molar-refractivity contribution in [1.29, 1.82) is 0 Å². The lowest BCUT2D eigenvalue weighted by atomic mass is 9.88. The van der Waals surface area contributed by atoms with Gasteiger partial charge in [0.05, 0.1) is 30.2 Å². The van der Waals surface area contributed by atoms with Gasteiger partial charge in [0, 0.05) is 95.0 Å². The molecule has 5 atom stereocenters. The van der Waals surface area contributed by atoms with Crippen LogP contribution in [-0.4, -0.2) is 115 Å². The van der Waals surface area contributed by atoms with Crippen molar-refractivity contribution < 1.29 is 79.8 Å². The summed E-state index contributed by atoms with van der Waals surface area (Å²) in [7, 11) is -14.3. The third-order valence-electron chi connectivity index (χ3n) is 11.1. The van der Waals surface area contributed by atoms with E-state index in [-0.39, 0.29) is 48.5 Å². The van der Waals surface area contributed by atoms with Crippen LogP contribution < -0.4 is 32.6 Å². The summed E-state index contributed by atoms with van der Waals surface area (Å²) < 4.78 is 65.5. The Labute approximate surface area is 450 Å².